The molecule has 3 nitrogen and oxygen atoms in total. The van der Waals surface area contributed by atoms with Crippen molar-refractivity contribution >= 4 is 35.2 Å². The average Bonchev–Trinajstić information content (AvgIpc) is 3.59. The van der Waals surface area contributed by atoms with E-state index in [0.29, 0.717) is 23.0 Å². The highest BCUT2D eigenvalue weighted by molar-refractivity contribution is 8.00. The van der Waals surface area contributed by atoms with Gasteiger partial charge in [-0.1, -0.05) is 122 Å². The summed E-state index contributed by atoms with van der Waals surface area (Å²) >= 11 is 1.95. The monoisotopic (exact) mass is 697 g/mol. The Bertz CT molecular complexity index is 2110. The zero-order valence-electron chi connectivity index (χ0n) is 30.1. The lowest BCUT2D eigenvalue weighted by molar-refractivity contribution is 0.539. The molecule has 0 spiro atoms. The van der Waals surface area contributed by atoms with Crippen LogP contribution in [0.5, 0.6) is 0 Å². The van der Waals surface area contributed by atoms with Crippen LogP contribution < -0.4 is 0 Å². The van der Waals surface area contributed by atoms with Gasteiger partial charge < -0.3 is 0 Å². The van der Waals surface area contributed by atoms with Crippen LogP contribution in [0.15, 0.2) is 182 Å². The lowest BCUT2D eigenvalue weighted by Crippen LogP contribution is -2.13. The minimum absolute atomic E-state index is 0.345. The Balaban J connectivity index is 1.12. The lowest BCUT2D eigenvalue weighted by atomic mass is 9.82. The second-order valence-corrected chi connectivity index (χ2v) is 15.6. The van der Waals surface area contributed by atoms with E-state index in [1.807, 2.05) is 23.9 Å². The number of rotatable bonds is 8. The molecule has 4 aliphatic carbocycles. The zero-order valence-corrected chi connectivity index (χ0v) is 30.9. The van der Waals surface area contributed by atoms with Crippen molar-refractivity contribution < 1.29 is 0 Å². The number of fused-ring (bicyclic) bond motifs is 3. The molecule has 6 aliphatic rings. The number of benzene rings is 2. The molecule has 8 rings (SSSR count). The summed E-state index contributed by atoms with van der Waals surface area (Å²) < 4.78 is 0. The van der Waals surface area contributed by atoms with E-state index in [1.165, 1.54) is 44.9 Å². The molecule has 0 bridgehead atoms. The third-order valence-electron chi connectivity index (χ3n) is 11.1. The molecular formula is C48H47N3S. The van der Waals surface area contributed by atoms with Crippen molar-refractivity contribution in [3.63, 3.8) is 0 Å². The van der Waals surface area contributed by atoms with Gasteiger partial charge in [0.05, 0.1) is 5.70 Å². The summed E-state index contributed by atoms with van der Waals surface area (Å²) in [6, 6.07) is 17.6. The second kappa shape index (κ2) is 15.8. The predicted molar refractivity (Wildman–Crippen MR) is 223 cm³/mol. The first-order chi connectivity index (χ1) is 25.6. The third kappa shape index (κ3) is 7.41. The fourth-order valence-corrected chi connectivity index (χ4v) is 9.61. The van der Waals surface area contributed by atoms with Crippen LogP contribution in [0.25, 0.3) is 5.70 Å². The van der Waals surface area contributed by atoms with Gasteiger partial charge in [-0.05, 0) is 98.3 Å². The van der Waals surface area contributed by atoms with Crippen LogP contribution in [0.1, 0.15) is 86.8 Å². The molecule has 4 unspecified atom stereocenters. The lowest BCUT2D eigenvalue weighted by Gasteiger charge is -2.26. The van der Waals surface area contributed by atoms with E-state index in [4.69, 9.17) is 15.0 Å². The zero-order chi connectivity index (χ0) is 35.3. The summed E-state index contributed by atoms with van der Waals surface area (Å²) in [4.78, 5) is 17.0. The molecule has 0 saturated heterocycles. The molecule has 0 amide bonds. The predicted octanol–water partition coefficient (Wildman–Crippen LogP) is 12.5. The van der Waals surface area contributed by atoms with Gasteiger partial charge in [0.1, 0.15) is 0 Å². The molecule has 2 aliphatic heterocycles. The maximum absolute atomic E-state index is 5.35. The van der Waals surface area contributed by atoms with E-state index in [2.05, 4.69) is 135 Å². The number of hydrogen-bond acceptors (Lipinski definition) is 3. The minimum Gasteiger partial charge on any atom is -0.265 e. The molecular weight excluding hydrogens is 651 g/mol. The van der Waals surface area contributed by atoms with Gasteiger partial charge in [0.15, 0.2) is 5.84 Å². The number of thioether (sulfide) groups is 1. The molecule has 0 N–H and O–H groups in total. The maximum Gasteiger partial charge on any atom is 0.159 e. The Kier molecular flexibility index (Phi) is 10.4. The highest BCUT2D eigenvalue weighted by atomic mass is 32.2. The molecule has 260 valence electrons. The van der Waals surface area contributed by atoms with Crippen molar-refractivity contribution in [2.24, 2.45) is 20.9 Å². The van der Waals surface area contributed by atoms with Gasteiger partial charge in [-0.2, -0.15) is 0 Å². The number of hydrogen-bond donors (Lipinski definition) is 0. The summed E-state index contributed by atoms with van der Waals surface area (Å²) in [5.41, 5.74) is 12.3. The average molecular weight is 698 g/mol. The van der Waals surface area contributed by atoms with Crippen LogP contribution in [-0.4, -0.2) is 23.0 Å². The summed E-state index contributed by atoms with van der Waals surface area (Å²) in [5.74, 6) is 2.07. The van der Waals surface area contributed by atoms with Gasteiger partial charge in [0.2, 0.25) is 0 Å². The van der Waals surface area contributed by atoms with Crippen molar-refractivity contribution in [1.82, 2.24) is 0 Å². The first kappa shape index (κ1) is 34.3. The molecule has 4 heteroatoms. The van der Waals surface area contributed by atoms with Crippen molar-refractivity contribution in [3.05, 3.63) is 179 Å². The maximum atomic E-state index is 5.35. The van der Waals surface area contributed by atoms with Crippen LogP contribution in [-0.2, 0) is 0 Å². The standard InChI is InChI=1S/C48H47N3S/c1-3-13-44(40-29-30-43-42-18-10-11-20-45(42)52-46(43)32-40)51-48(39-27-23-36(24-28-39)35-14-6-4-7-15-35)50-33(2)34-21-25-37(26-22-34)41-19-12-31-49-47(41)38-16-8-5-9-17-38/h3-8,10-11,13-15,18,20-21,23,25,27-32,36,38,42,45H,1,9,12,16-17,19,22,24,26H2,2H3/b44-13+,50-33+,51-48-. The van der Waals surface area contributed by atoms with Gasteiger partial charge in [0.25, 0.3) is 0 Å². The normalized spacial score (nSPS) is 25.8. The fraction of sp³-hybridized carbons (Fsp3) is 0.271. The third-order valence-corrected chi connectivity index (χ3v) is 12.4. The van der Waals surface area contributed by atoms with Crippen LogP contribution in [0.4, 0.5) is 0 Å². The van der Waals surface area contributed by atoms with Crippen molar-refractivity contribution in [2.45, 2.75) is 80.3 Å². The number of amidine groups is 1. The minimum atomic E-state index is 0.345. The molecule has 2 aromatic rings. The number of nitrogens with zero attached hydrogens (tertiary/aromatic N) is 3. The fourth-order valence-electron chi connectivity index (χ4n) is 8.23. The Hall–Kier alpha value is -4.80. The Morgan fingerprint density at radius 3 is 2.62 bits per heavy atom. The highest BCUT2D eigenvalue weighted by Crippen LogP contribution is 2.49. The summed E-state index contributed by atoms with van der Waals surface area (Å²) in [6.07, 6.45) is 39.6. The number of allylic oxidation sites excluding steroid dienone is 15. The van der Waals surface area contributed by atoms with Crippen molar-refractivity contribution in [1.29, 1.82) is 0 Å². The molecule has 0 fully saturated rings. The van der Waals surface area contributed by atoms with Crippen LogP contribution in [0.3, 0.4) is 0 Å². The SMILES string of the molecule is C=C/C=C(/N=C(\N=C(/C)C1=CC=C(C2=C(C3CC=CCC3)N=CCC2)CC1)C1=CCC(c2ccccc2)C=C1)c1ccc2c(c1)SC1C=CC=CC21. The Labute approximate surface area is 314 Å². The first-order valence-corrected chi connectivity index (χ1v) is 19.9. The second-order valence-electron chi connectivity index (χ2n) is 14.4. The molecule has 2 aromatic carbocycles. The molecule has 4 atom stereocenters. The van der Waals surface area contributed by atoms with Crippen LogP contribution in [0.2, 0.25) is 0 Å². The van der Waals surface area contributed by atoms with Gasteiger partial charge >= 0.3 is 0 Å². The van der Waals surface area contributed by atoms with Gasteiger partial charge in [0, 0.05) is 56.7 Å². The van der Waals surface area contributed by atoms with Gasteiger partial charge in [-0.25, -0.2) is 9.98 Å². The van der Waals surface area contributed by atoms with Crippen molar-refractivity contribution in [2.75, 3.05) is 0 Å². The summed E-state index contributed by atoms with van der Waals surface area (Å²) in [6.45, 7) is 6.22. The Morgan fingerprint density at radius 2 is 1.83 bits per heavy atom. The molecule has 0 radical (unpaired) electrons. The van der Waals surface area contributed by atoms with Gasteiger partial charge in [-0.15, -0.1) is 11.8 Å². The van der Waals surface area contributed by atoms with E-state index < -0.39 is 0 Å². The summed E-state index contributed by atoms with van der Waals surface area (Å²) in [5, 5.41) is 0.458. The molecule has 0 aromatic heterocycles. The number of aliphatic imine (C=N–C) groups is 3. The van der Waals surface area contributed by atoms with E-state index in [0.717, 1.165) is 73.3 Å². The first-order valence-electron chi connectivity index (χ1n) is 19.0. The van der Waals surface area contributed by atoms with E-state index in [1.54, 1.807) is 0 Å². The largest absolute Gasteiger partial charge is 0.265 e. The van der Waals surface area contributed by atoms with Crippen molar-refractivity contribution in [3.8, 4) is 0 Å². The van der Waals surface area contributed by atoms with E-state index >= 15 is 0 Å². The van der Waals surface area contributed by atoms with Crippen LogP contribution in [0, 0.1) is 5.92 Å². The highest BCUT2D eigenvalue weighted by Gasteiger charge is 2.31. The van der Waals surface area contributed by atoms with Crippen LogP contribution >= 0.6 is 11.8 Å². The topological polar surface area (TPSA) is 37.1 Å². The van der Waals surface area contributed by atoms with E-state index in [9.17, 15) is 0 Å². The molecule has 2 heterocycles. The smallest absolute Gasteiger partial charge is 0.159 e. The van der Waals surface area contributed by atoms with E-state index in [-0.39, 0.29) is 0 Å². The van der Waals surface area contributed by atoms with Gasteiger partial charge in [-0.3, -0.25) is 4.99 Å². The molecule has 52 heavy (non-hydrogen) atoms. The molecule has 0 saturated carbocycles. The Morgan fingerprint density at radius 1 is 0.923 bits per heavy atom. The quantitative estimate of drug-likeness (QED) is 0.117. The summed E-state index contributed by atoms with van der Waals surface area (Å²) in [7, 11) is 0.